The van der Waals surface area contributed by atoms with Crippen LogP contribution >= 0.6 is 0 Å². The summed E-state index contributed by atoms with van der Waals surface area (Å²) < 4.78 is 4.80. The molecule has 9 atom stereocenters. The molecule has 7 heteroatoms. The SMILES string of the molecule is COC(=O)CC[C@@H](C)[C@H]1CC(=O)[C@@]2(C)C3=C(C(=O)C[C@]12C)[C@@]1(C)CC[C@H](O)[C@@](C)(CO)[C@@H]1C[C@@H]3O. The van der Waals surface area contributed by atoms with E-state index in [2.05, 4.69) is 0 Å². The van der Waals surface area contributed by atoms with Crippen molar-refractivity contribution < 1.29 is 34.4 Å². The Bertz CT molecular complexity index is 970. The van der Waals surface area contributed by atoms with Gasteiger partial charge in [-0.2, -0.15) is 0 Å². The third-order valence-corrected chi connectivity index (χ3v) is 11.2. The van der Waals surface area contributed by atoms with Gasteiger partial charge >= 0.3 is 5.97 Å². The van der Waals surface area contributed by atoms with E-state index in [-0.39, 0.29) is 54.7 Å². The van der Waals surface area contributed by atoms with Crippen molar-refractivity contribution in [3.63, 3.8) is 0 Å². The summed E-state index contributed by atoms with van der Waals surface area (Å²) in [4.78, 5) is 39.6. The molecule has 35 heavy (non-hydrogen) atoms. The number of ether oxygens (including phenoxy) is 1. The van der Waals surface area contributed by atoms with Crippen LogP contribution in [0.25, 0.3) is 0 Å². The van der Waals surface area contributed by atoms with Gasteiger partial charge in [-0.05, 0) is 66.8 Å². The van der Waals surface area contributed by atoms with Gasteiger partial charge in [0.25, 0.3) is 0 Å². The summed E-state index contributed by atoms with van der Waals surface area (Å²) in [5.41, 5.74) is -1.93. The maximum absolute atomic E-state index is 14.0. The zero-order valence-electron chi connectivity index (χ0n) is 22.0. The van der Waals surface area contributed by atoms with E-state index in [4.69, 9.17) is 4.74 Å². The van der Waals surface area contributed by atoms with Crippen LogP contribution in [-0.2, 0) is 19.1 Å². The number of Topliss-reactive ketones (excluding diaryl/α,β-unsaturated/α-hetero) is 2. The highest BCUT2D eigenvalue weighted by atomic mass is 16.5. The molecule has 0 aromatic heterocycles. The Labute approximate surface area is 208 Å². The zero-order chi connectivity index (χ0) is 26.1. The second kappa shape index (κ2) is 8.49. The van der Waals surface area contributed by atoms with E-state index >= 15 is 0 Å². The number of allylic oxidation sites excluding steroid dienone is 1. The number of ketones is 2. The maximum atomic E-state index is 14.0. The molecule has 196 valence electrons. The third-order valence-electron chi connectivity index (χ3n) is 11.2. The summed E-state index contributed by atoms with van der Waals surface area (Å²) in [5.74, 6) is -0.588. The van der Waals surface area contributed by atoms with Crippen LogP contribution in [0.5, 0.6) is 0 Å². The van der Waals surface area contributed by atoms with E-state index in [1.807, 2.05) is 34.6 Å². The Morgan fingerprint density at radius 1 is 1.17 bits per heavy atom. The average Bonchev–Trinajstić information content (AvgIpc) is 3.02. The summed E-state index contributed by atoms with van der Waals surface area (Å²) in [7, 11) is 1.36. The molecular weight excluding hydrogens is 448 g/mol. The first kappa shape index (κ1) is 26.5. The van der Waals surface area contributed by atoms with Gasteiger partial charge in [0, 0.05) is 30.3 Å². The normalized spacial score (nSPS) is 46.1. The molecule has 0 bridgehead atoms. The van der Waals surface area contributed by atoms with Gasteiger partial charge in [0.05, 0.1) is 31.3 Å². The highest BCUT2D eigenvalue weighted by molar-refractivity contribution is 6.05. The largest absolute Gasteiger partial charge is 0.469 e. The quantitative estimate of drug-likeness (QED) is 0.507. The summed E-state index contributed by atoms with van der Waals surface area (Å²) >= 11 is 0. The fourth-order valence-corrected chi connectivity index (χ4v) is 8.80. The molecule has 3 N–H and O–H groups in total. The molecule has 2 saturated carbocycles. The molecule has 0 aromatic carbocycles. The lowest BCUT2D eigenvalue weighted by atomic mass is 9.42. The van der Waals surface area contributed by atoms with Crippen LogP contribution < -0.4 is 0 Å². The number of hydrogen-bond donors (Lipinski definition) is 3. The standard InChI is InChI=1S/C28H42O7/c1-15(7-8-22(34)35-6)16-11-21(33)28(5)24-17(30)12-19-25(2,10-9-20(32)26(19,3)14-29)23(24)18(31)13-27(16,28)4/h15-17,19-20,29-30,32H,7-14H2,1-6H3/t15-,16-,17+,19-,20+,25+,26+,27-,28+/m1/s1. The lowest BCUT2D eigenvalue weighted by Crippen LogP contribution is -2.62. The number of aliphatic hydroxyl groups excluding tert-OH is 3. The number of fused-ring (bicyclic) bond motifs is 4. The van der Waals surface area contributed by atoms with E-state index in [0.29, 0.717) is 43.3 Å². The first-order valence-corrected chi connectivity index (χ1v) is 13.1. The van der Waals surface area contributed by atoms with Crippen molar-refractivity contribution in [2.45, 2.75) is 91.8 Å². The second-order valence-electron chi connectivity index (χ2n) is 12.7. The number of methoxy groups -OCH3 is 1. The lowest BCUT2D eigenvalue weighted by molar-refractivity contribution is -0.151. The molecule has 7 nitrogen and oxygen atoms in total. The van der Waals surface area contributed by atoms with E-state index in [1.165, 1.54) is 7.11 Å². The van der Waals surface area contributed by atoms with Crippen molar-refractivity contribution in [1.29, 1.82) is 0 Å². The molecule has 0 amide bonds. The smallest absolute Gasteiger partial charge is 0.305 e. The van der Waals surface area contributed by atoms with Crippen LogP contribution in [0.15, 0.2) is 11.1 Å². The van der Waals surface area contributed by atoms with Crippen LogP contribution in [0.2, 0.25) is 0 Å². The Balaban J connectivity index is 1.82. The van der Waals surface area contributed by atoms with Gasteiger partial charge in [-0.25, -0.2) is 0 Å². The zero-order valence-corrected chi connectivity index (χ0v) is 22.0. The van der Waals surface area contributed by atoms with E-state index < -0.39 is 33.9 Å². The molecule has 0 saturated heterocycles. The summed E-state index contributed by atoms with van der Waals surface area (Å²) in [5, 5.41) is 32.6. The molecule has 2 fully saturated rings. The van der Waals surface area contributed by atoms with Gasteiger partial charge in [0.2, 0.25) is 0 Å². The summed E-state index contributed by atoms with van der Waals surface area (Å²) in [6, 6.07) is 0. The van der Waals surface area contributed by atoms with E-state index in [1.54, 1.807) is 0 Å². The minimum Gasteiger partial charge on any atom is -0.469 e. The van der Waals surface area contributed by atoms with Crippen LogP contribution in [0.4, 0.5) is 0 Å². The molecule has 0 aliphatic heterocycles. The molecule has 0 aromatic rings. The van der Waals surface area contributed by atoms with Crippen molar-refractivity contribution in [3.8, 4) is 0 Å². The third kappa shape index (κ3) is 3.37. The van der Waals surface area contributed by atoms with Gasteiger partial charge in [0.1, 0.15) is 5.78 Å². The first-order chi connectivity index (χ1) is 16.2. The molecule has 0 spiro atoms. The highest BCUT2D eigenvalue weighted by Gasteiger charge is 2.70. The van der Waals surface area contributed by atoms with Crippen molar-refractivity contribution in [2.24, 2.45) is 39.4 Å². The molecular formula is C28H42O7. The second-order valence-corrected chi connectivity index (χ2v) is 12.7. The molecule has 0 radical (unpaired) electrons. The topological polar surface area (TPSA) is 121 Å². The maximum Gasteiger partial charge on any atom is 0.305 e. The molecule has 4 rings (SSSR count). The van der Waals surface area contributed by atoms with Gasteiger partial charge in [0.15, 0.2) is 5.78 Å². The van der Waals surface area contributed by atoms with Gasteiger partial charge in [-0.1, -0.05) is 27.7 Å². The fraction of sp³-hybridized carbons (Fsp3) is 0.821. The lowest BCUT2D eigenvalue weighted by Gasteiger charge is -2.62. The number of carbonyl (C=O) groups is 3. The summed E-state index contributed by atoms with van der Waals surface area (Å²) in [6.07, 6.45) is 1.01. The van der Waals surface area contributed by atoms with Gasteiger partial charge in [-0.15, -0.1) is 0 Å². The highest BCUT2D eigenvalue weighted by Crippen LogP contribution is 2.70. The van der Waals surface area contributed by atoms with Crippen molar-refractivity contribution in [2.75, 3.05) is 13.7 Å². The first-order valence-electron chi connectivity index (χ1n) is 13.1. The average molecular weight is 491 g/mol. The van der Waals surface area contributed by atoms with Crippen LogP contribution in [0, 0.1) is 39.4 Å². The van der Waals surface area contributed by atoms with Crippen molar-refractivity contribution >= 4 is 17.5 Å². The number of aliphatic hydroxyl groups is 3. The molecule has 0 heterocycles. The molecule has 4 aliphatic rings. The number of rotatable bonds is 5. The van der Waals surface area contributed by atoms with Crippen LogP contribution in [0.3, 0.4) is 0 Å². The predicted octanol–water partition coefficient (Wildman–Crippen LogP) is 2.99. The minimum absolute atomic E-state index is 0.0252. The molecule has 4 aliphatic carbocycles. The van der Waals surface area contributed by atoms with Crippen molar-refractivity contribution in [1.82, 2.24) is 0 Å². The Hall–Kier alpha value is -1.57. The Kier molecular flexibility index (Phi) is 6.43. The van der Waals surface area contributed by atoms with E-state index in [0.717, 1.165) is 0 Å². The van der Waals surface area contributed by atoms with Crippen LogP contribution in [0.1, 0.15) is 79.6 Å². The number of esters is 1. The molecule has 0 unspecified atom stereocenters. The predicted molar refractivity (Wildman–Crippen MR) is 129 cm³/mol. The van der Waals surface area contributed by atoms with Crippen molar-refractivity contribution in [3.05, 3.63) is 11.1 Å². The number of hydrogen-bond acceptors (Lipinski definition) is 7. The fourth-order valence-electron chi connectivity index (χ4n) is 8.80. The van der Waals surface area contributed by atoms with E-state index in [9.17, 15) is 29.7 Å². The monoisotopic (exact) mass is 490 g/mol. The van der Waals surface area contributed by atoms with Crippen LogP contribution in [-0.4, -0.2) is 58.8 Å². The minimum atomic E-state index is -0.985. The Morgan fingerprint density at radius 3 is 2.43 bits per heavy atom. The summed E-state index contributed by atoms with van der Waals surface area (Å²) in [6.45, 7) is 9.61. The van der Waals surface area contributed by atoms with Gasteiger partial charge < -0.3 is 20.1 Å². The van der Waals surface area contributed by atoms with Gasteiger partial charge in [-0.3, -0.25) is 14.4 Å². The number of carbonyl (C=O) groups excluding carboxylic acids is 3. The Morgan fingerprint density at radius 2 is 1.83 bits per heavy atom.